The molecular weight excluding hydrogens is 170 g/mol. The Balaban J connectivity index is 2.80. The molecule has 0 aromatic carbocycles. The van der Waals surface area contributed by atoms with Gasteiger partial charge in [0.1, 0.15) is 0 Å². The minimum atomic E-state index is 0.463. The van der Waals surface area contributed by atoms with Crippen molar-refractivity contribution >= 4 is 0 Å². The molecule has 0 fully saturated rings. The van der Waals surface area contributed by atoms with Gasteiger partial charge in [-0.15, -0.1) is 0 Å². The van der Waals surface area contributed by atoms with Crippen molar-refractivity contribution in [3.05, 3.63) is 0 Å². The fourth-order valence-corrected chi connectivity index (χ4v) is 0.727. The van der Waals surface area contributed by atoms with Gasteiger partial charge in [0.25, 0.3) is 0 Å². The van der Waals surface area contributed by atoms with Gasteiger partial charge < -0.3 is 14.2 Å². The molecule has 4 nitrogen and oxygen atoms in total. The summed E-state index contributed by atoms with van der Waals surface area (Å²) >= 11 is 0. The van der Waals surface area contributed by atoms with Crippen molar-refractivity contribution in [1.82, 2.24) is 0 Å². The van der Waals surface area contributed by atoms with Crippen LogP contribution < -0.4 is 0 Å². The van der Waals surface area contributed by atoms with E-state index in [1.165, 1.54) is 0 Å². The summed E-state index contributed by atoms with van der Waals surface area (Å²) in [7, 11) is 1.65. The molecule has 0 aliphatic rings. The molecule has 0 spiro atoms. The zero-order valence-corrected chi connectivity index (χ0v) is 8.12. The lowest BCUT2D eigenvalue weighted by Crippen LogP contribution is -2.05. The van der Waals surface area contributed by atoms with Crippen molar-refractivity contribution < 1.29 is 14.2 Å². The van der Waals surface area contributed by atoms with Gasteiger partial charge >= 0.3 is 0 Å². The molecule has 13 heavy (non-hydrogen) atoms. The Hall–Kier alpha value is -0.630. The Kier molecular flexibility index (Phi) is 10.8. The number of ether oxygens (including phenoxy) is 3. The Bertz CT molecular complexity index is 133. The summed E-state index contributed by atoms with van der Waals surface area (Å²) < 4.78 is 15.2. The van der Waals surface area contributed by atoms with Gasteiger partial charge in [0.15, 0.2) is 0 Å². The van der Waals surface area contributed by atoms with E-state index < -0.39 is 0 Å². The molecule has 0 atom stereocenters. The lowest BCUT2D eigenvalue weighted by atomic mass is 10.5. The smallest absolute Gasteiger partial charge is 0.0700 e. The second-order valence-corrected chi connectivity index (χ2v) is 2.48. The molecule has 0 amide bonds. The monoisotopic (exact) mass is 187 g/mol. The third-order valence-corrected chi connectivity index (χ3v) is 1.37. The molecule has 0 aliphatic carbocycles. The molecule has 0 rings (SSSR count). The van der Waals surface area contributed by atoms with E-state index in [4.69, 9.17) is 19.5 Å². The summed E-state index contributed by atoms with van der Waals surface area (Å²) in [6.45, 7) is 3.14. The standard InChI is InChI=1S/C9H17NO3/c1-11-8-9-13-7-3-6-12-5-2-4-10/h2-3,5-9H2,1H3. The van der Waals surface area contributed by atoms with Crippen molar-refractivity contribution in [2.45, 2.75) is 12.8 Å². The Morgan fingerprint density at radius 2 is 1.69 bits per heavy atom. The van der Waals surface area contributed by atoms with Crippen LogP contribution >= 0.6 is 0 Å². The highest BCUT2D eigenvalue weighted by Crippen LogP contribution is 1.87. The summed E-state index contributed by atoms with van der Waals surface area (Å²) in [5.41, 5.74) is 0. The highest BCUT2D eigenvalue weighted by molar-refractivity contribution is 4.66. The molecule has 0 radical (unpaired) electrons. The summed E-state index contributed by atoms with van der Waals surface area (Å²) in [6.07, 6.45) is 1.33. The first-order valence-electron chi connectivity index (χ1n) is 4.43. The maximum absolute atomic E-state index is 8.20. The number of rotatable bonds is 9. The van der Waals surface area contributed by atoms with Gasteiger partial charge in [-0.1, -0.05) is 0 Å². The lowest BCUT2D eigenvalue weighted by molar-refractivity contribution is 0.0522. The number of methoxy groups -OCH3 is 1. The predicted octanol–water partition coefficient (Wildman–Crippen LogP) is 0.970. The van der Waals surface area contributed by atoms with Gasteiger partial charge in [-0.2, -0.15) is 5.26 Å². The van der Waals surface area contributed by atoms with E-state index in [-0.39, 0.29) is 0 Å². The van der Waals surface area contributed by atoms with Crippen LogP contribution in [-0.2, 0) is 14.2 Å². The average molecular weight is 187 g/mol. The van der Waals surface area contributed by atoms with Crippen LogP contribution in [0.1, 0.15) is 12.8 Å². The van der Waals surface area contributed by atoms with E-state index in [0.717, 1.165) is 6.42 Å². The Morgan fingerprint density at radius 3 is 2.31 bits per heavy atom. The molecule has 4 heteroatoms. The first-order valence-corrected chi connectivity index (χ1v) is 4.43. The van der Waals surface area contributed by atoms with Crippen LogP contribution in [0.3, 0.4) is 0 Å². The third kappa shape index (κ3) is 11.4. The fraction of sp³-hybridized carbons (Fsp3) is 0.889. The van der Waals surface area contributed by atoms with Crippen LogP contribution in [-0.4, -0.2) is 40.1 Å². The summed E-state index contributed by atoms with van der Waals surface area (Å²) in [6, 6.07) is 2.01. The van der Waals surface area contributed by atoms with Gasteiger partial charge in [0.2, 0.25) is 0 Å². The molecule has 0 heterocycles. The summed E-state index contributed by atoms with van der Waals surface area (Å²) in [4.78, 5) is 0. The zero-order valence-electron chi connectivity index (χ0n) is 8.12. The molecule has 0 saturated heterocycles. The molecular formula is C9H17NO3. The normalized spacial score (nSPS) is 9.85. The number of hydrogen-bond acceptors (Lipinski definition) is 4. The van der Waals surface area contributed by atoms with Gasteiger partial charge in [-0.25, -0.2) is 0 Å². The summed E-state index contributed by atoms with van der Waals surface area (Å²) in [5.74, 6) is 0. The van der Waals surface area contributed by atoms with Crippen LogP contribution in [0.25, 0.3) is 0 Å². The second kappa shape index (κ2) is 11.4. The molecule has 0 aliphatic heterocycles. The fourth-order valence-electron chi connectivity index (χ4n) is 0.727. The molecule has 0 unspecified atom stereocenters. The van der Waals surface area contributed by atoms with Gasteiger partial charge in [0.05, 0.1) is 32.3 Å². The maximum atomic E-state index is 8.20. The van der Waals surface area contributed by atoms with E-state index in [2.05, 4.69) is 0 Å². The highest BCUT2D eigenvalue weighted by Gasteiger charge is 1.90. The van der Waals surface area contributed by atoms with Crippen molar-refractivity contribution in [3.63, 3.8) is 0 Å². The lowest BCUT2D eigenvalue weighted by Gasteiger charge is -2.03. The molecule has 0 bridgehead atoms. The zero-order chi connectivity index (χ0) is 9.78. The van der Waals surface area contributed by atoms with Crippen LogP contribution in [0, 0.1) is 11.3 Å². The van der Waals surface area contributed by atoms with Crippen LogP contribution in [0.4, 0.5) is 0 Å². The minimum Gasteiger partial charge on any atom is -0.382 e. The number of nitrogens with zero attached hydrogens (tertiary/aromatic N) is 1. The maximum Gasteiger partial charge on any atom is 0.0700 e. The van der Waals surface area contributed by atoms with E-state index in [0.29, 0.717) is 39.5 Å². The topological polar surface area (TPSA) is 51.5 Å². The van der Waals surface area contributed by atoms with Crippen molar-refractivity contribution in [2.75, 3.05) is 40.1 Å². The Morgan fingerprint density at radius 1 is 1.00 bits per heavy atom. The average Bonchev–Trinajstić information content (AvgIpc) is 2.16. The molecule has 76 valence electrons. The first kappa shape index (κ1) is 12.4. The third-order valence-electron chi connectivity index (χ3n) is 1.37. The van der Waals surface area contributed by atoms with Crippen molar-refractivity contribution in [2.24, 2.45) is 0 Å². The van der Waals surface area contributed by atoms with Crippen molar-refractivity contribution in [1.29, 1.82) is 5.26 Å². The van der Waals surface area contributed by atoms with Crippen molar-refractivity contribution in [3.8, 4) is 6.07 Å². The van der Waals surface area contributed by atoms with Gasteiger partial charge in [-0.3, -0.25) is 0 Å². The van der Waals surface area contributed by atoms with Gasteiger partial charge in [-0.05, 0) is 6.42 Å². The van der Waals surface area contributed by atoms with Crippen LogP contribution in [0.15, 0.2) is 0 Å². The van der Waals surface area contributed by atoms with E-state index in [9.17, 15) is 0 Å². The number of hydrogen-bond donors (Lipinski definition) is 0. The molecule has 0 aromatic heterocycles. The SMILES string of the molecule is COCCOCCCOCCC#N. The second-order valence-electron chi connectivity index (χ2n) is 2.48. The van der Waals surface area contributed by atoms with E-state index >= 15 is 0 Å². The van der Waals surface area contributed by atoms with Crippen LogP contribution in [0.5, 0.6) is 0 Å². The predicted molar refractivity (Wildman–Crippen MR) is 48.4 cm³/mol. The molecule has 0 saturated carbocycles. The van der Waals surface area contributed by atoms with Gasteiger partial charge in [0, 0.05) is 20.3 Å². The summed E-state index contributed by atoms with van der Waals surface area (Å²) in [5, 5.41) is 8.20. The Labute approximate surface area is 79.4 Å². The highest BCUT2D eigenvalue weighted by atomic mass is 16.5. The van der Waals surface area contributed by atoms with E-state index in [1.807, 2.05) is 6.07 Å². The molecule has 0 aromatic rings. The quantitative estimate of drug-likeness (QED) is 0.505. The van der Waals surface area contributed by atoms with E-state index in [1.54, 1.807) is 7.11 Å². The minimum absolute atomic E-state index is 0.463. The molecule has 0 N–H and O–H groups in total. The number of nitriles is 1. The van der Waals surface area contributed by atoms with Crippen LogP contribution in [0.2, 0.25) is 0 Å². The first-order chi connectivity index (χ1) is 6.41. The largest absolute Gasteiger partial charge is 0.382 e.